The van der Waals surface area contributed by atoms with Crippen LogP contribution in [0.15, 0.2) is 0 Å². The first-order valence-electron chi connectivity index (χ1n) is 21.7. The van der Waals surface area contributed by atoms with E-state index in [9.17, 15) is 22.0 Å². The second kappa shape index (κ2) is 15.5. The van der Waals surface area contributed by atoms with Crippen molar-refractivity contribution < 1.29 is 22.0 Å². The van der Waals surface area contributed by atoms with Gasteiger partial charge in [0.05, 0.1) is 0 Å². The summed E-state index contributed by atoms with van der Waals surface area (Å²) in [7, 11) is 0. The average molecular weight is 695 g/mol. The molecule has 1 aliphatic heterocycles. The maximum absolute atomic E-state index is 14.8. The predicted molar refractivity (Wildman–Crippen MR) is 187 cm³/mol. The molecule has 0 aromatic rings. The average Bonchev–Trinajstić information content (AvgIpc) is 3.48. The van der Waals surface area contributed by atoms with Crippen LogP contribution < -0.4 is 0 Å². The molecule has 0 aromatic carbocycles. The molecule has 7 heteroatoms. The first-order chi connectivity index (χ1) is 23.9. The minimum Gasteiger partial charge on any atom is -0.294 e. The molecule has 8 fully saturated rings. The van der Waals surface area contributed by atoms with Crippen LogP contribution in [0.1, 0.15) is 161 Å². The summed E-state index contributed by atoms with van der Waals surface area (Å²) in [6.45, 7) is 0. The van der Waals surface area contributed by atoms with Gasteiger partial charge in [0.2, 0.25) is 0 Å². The lowest BCUT2D eigenvalue weighted by molar-refractivity contribution is -0.111. The van der Waals surface area contributed by atoms with E-state index in [2.05, 4.69) is 9.80 Å². The summed E-state index contributed by atoms with van der Waals surface area (Å²) in [6, 6.07) is 4.76. The maximum Gasteiger partial charge on any atom is 0.168 e. The predicted octanol–water partition coefficient (Wildman–Crippen LogP) is 11.1. The van der Waals surface area contributed by atoms with Gasteiger partial charge in [-0.1, -0.05) is 51.4 Å². The molecular formula is C42H67F5N2. The van der Waals surface area contributed by atoms with Crippen molar-refractivity contribution in [3.8, 4) is 0 Å². The van der Waals surface area contributed by atoms with E-state index in [1.54, 1.807) is 0 Å². The summed E-state index contributed by atoms with van der Waals surface area (Å²) in [5, 5.41) is 0. The molecule has 0 radical (unpaired) electrons. The molecule has 0 N–H and O–H groups in total. The first-order valence-corrected chi connectivity index (χ1v) is 21.7. The van der Waals surface area contributed by atoms with Crippen molar-refractivity contribution in [1.82, 2.24) is 9.80 Å². The smallest absolute Gasteiger partial charge is 0.168 e. The van der Waals surface area contributed by atoms with Crippen LogP contribution in [0, 0.1) is 35.5 Å². The lowest BCUT2D eigenvalue weighted by atomic mass is 9.64. The van der Waals surface area contributed by atoms with Crippen LogP contribution in [0.2, 0.25) is 0 Å². The van der Waals surface area contributed by atoms with Crippen molar-refractivity contribution in [2.45, 2.75) is 228 Å². The van der Waals surface area contributed by atoms with E-state index in [4.69, 9.17) is 0 Å². The second-order valence-corrected chi connectivity index (χ2v) is 18.7. The number of halogens is 5. The van der Waals surface area contributed by atoms with Crippen LogP contribution in [0.3, 0.4) is 0 Å². The van der Waals surface area contributed by atoms with Gasteiger partial charge in [-0.2, -0.15) is 0 Å². The summed E-state index contributed by atoms with van der Waals surface area (Å²) in [5.41, 5.74) is 0. The number of rotatable bonds is 6. The van der Waals surface area contributed by atoms with Crippen LogP contribution in [0.25, 0.3) is 0 Å². The highest BCUT2D eigenvalue weighted by atomic mass is 19.2. The van der Waals surface area contributed by atoms with Gasteiger partial charge in [-0.05, 0) is 139 Å². The van der Waals surface area contributed by atoms with Gasteiger partial charge in [0.1, 0.15) is 12.3 Å². The Bertz CT molecular complexity index is 1020. The Kier molecular flexibility index (Phi) is 11.3. The highest BCUT2D eigenvalue weighted by Gasteiger charge is 2.57. The number of nitrogens with zero attached hydrogens (tertiary/aromatic N) is 2. The third-order valence-electron chi connectivity index (χ3n) is 16.5. The number of hydrogen-bond acceptors (Lipinski definition) is 2. The molecule has 49 heavy (non-hydrogen) atoms. The fourth-order valence-corrected chi connectivity index (χ4v) is 14.2. The molecule has 7 saturated carbocycles. The van der Waals surface area contributed by atoms with Gasteiger partial charge in [-0.25, -0.2) is 22.0 Å². The summed E-state index contributed by atoms with van der Waals surface area (Å²) < 4.78 is 71.7. The zero-order valence-corrected chi connectivity index (χ0v) is 30.3. The summed E-state index contributed by atoms with van der Waals surface area (Å²) in [5.74, 6) is 1.25. The molecule has 9 unspecified atom stereocenters. The van der Waals surface area contributed by atoms with Crippen LogP contribution >= 0.6 is 0 Å². The van der Waals surface area contributed by atoms with Crippen molar-refractivity contribution in [2.75, 3.05) is 0 Å². The van der Waals surface area contributed by atoms with E-state index in [0.717, 1.165) is 54.9 Å². The van der Waals surface area contributed by atoms with E-state index in [1.165, 1.54) is 135 Å². The minimum atomic E-state index is -2.68. The zero-order chi connectivity index (χ0) is 33.6. The monoisotopic (exact) mass is 695 g/mol. The highest BCUT2D eigenvalue weighted by molar-refractivity contribution is 5.08. The second-order valence-electron chi connectivity index (χ2n) is 18.7. The zero-order valence-electron chi connectivity index (χ0n) is 30.3. The SMILES string of the molecule is FC1C(F)C(F)C(C2CCC(C3CCC(N4C5CCCCC5C5CC(N(C6CCCCC6)C6CCCCC6)CCC54)CC3)CC2)C(F)C1F. The van der Waals surface area contributed by atoms with Crippen LogP contribution in [-0.2, 0) is 0 Å². The quantitative estimate of drug-likeness (QED) is 0.255. The van der Waals surface area contributed by atoms with Crippen LogP contribution in [-0.4, -0.2) is 76.9 Å². The molecule has 0 amide bonds. The van der Waals surface area contributed by atoms with Gasteiger partial charge >= 0.3 is 0 Å². The topological polar surface area (TPSA) is 6.48 Å². The molecule has 0 bridgehead atoms. The molecule has 0 aromatic heterocycles. The van der Waals surface area contributed by atoms with Gasteiger partial charge in [-0.15, -0.1) is 0 Å². The van der Waals surface area contributed by atoms with Gasteiger partial charge in [0.25, 0.3) is 0 Å². The van der Waals surface area contributed by atoms with Crippen molar-refractivity contribution in [3.63, 3.8) is 0 Å². The number of alkyl halides is 5. The molecule has 8 aliphatic rings. The number of likely N-dealkylation sites (tertiary alicyclic amines) is 1. The van der Waals surface area contributed by atoms with Crippen molar-refractivity contribution in [3.05, 3.63) is 0 Å². The molecular weight excluding hydrogens is 627 g/mol. The van der Waals surface area contributed by atoms with Gasteiger partial charge < -0.3 is 0 Å². The number of fused-ring (bicyclic) bond motifs is 3. The van der Waals surface area contributed by atoms with Crippen molar-refractivity contribution in [1.29, 1.82) is 0 Å². The summed E-state index contributed by atoms with van der Waals surface area (Å²) in [4.78, 5) is 6.31. The molecule has 1 heterocycles. The number of hydrogen-bond donors (Lipinski definition) is 0. The molecule has 0 spiro atoms. The van der Waals surface area contributed by atoms with E-state index < -0.39 is 36.8 Å². The molecule has 1 saturated heterocycles. The fourth-order valence-electron chi connectivity index (χ4n) is 14.2. The lowest BCUT2D eigenvalue weighted by Crippen LogP contribution is -2.55. The summed E-state index contributed by atoms with van der Waals surface area (Å²) in [6.07, 6.45) is 20.1. The standard InChI is InChI=1S/C42H67F5N2/c43-38-37(39(44)41(46)42(47)40(38)45)28-17-15-26(16-18-28)27-19-21-31(22-20-27)49-35-14-8-7-13-33(35)34-25-32(23-24-36(34)49)48(29-9-3-1-4-10-29)30-11-5-2-6-12-30/h26-42H,1-25H2. The van der Waals surface area contributed by atoms with Crippen molar-refractivity contribution in [2.24, 2.45) is 35.5 Å². The molecule has 2 nitrogen and oxygen atoms in total. The normalized spacial score (nSPS) is 49.5. The Morgan fingerprint density at radius 2 is 0.837 bits per heavy atom. The van der Waals surface area contributed by atoms with E-state index in [0.29, 0.717) is 30.7 Å². The Morgan fingerprint density at radius 3 is 1.43 bits per heavy atom. The van der Waals surface area contributed by atoms with Crippen LogP contribution in [0.4, 0.5) is 22.0 Å². The Labute approximate surface area is 294 Å². The Morgan fingerprint density at radius 1 is 0.367 bits per heavy atom. The van der Waals surface area contributed by atoms with E-state index in [1.807, 2.05) is 0 Å². The Balaban J connectivity index is 0.888. The Hall–Kier alpha value is -0.430. The minimum absolute atomic E-state index is 0.381. The van der Waals surface area contributed by atoms with Crippen LogP contribution in [0.5, 0.6) is 0 Å². The molecule has 9 atom stereocenters. The van der Waals surface area contributed by atoms with Crippen molar-refractivity contribution >= 4 is 0 Å². The van der Waals surface area contributed by atoms with E-state index in [-0.39, 0.29) is 5.92 Å². The summed E-state index contributed by atoms with van der Waals surface area (Å²) >= 11 is 0. The largest absolute Gasteiger partial charge is 0.294 e. The molecule has 7 aliphatic carbocycles. The highest BCUT2D eigenvalue weighted by Crippen LogP contribution is 2.54. The lowest BCUT2D eigenvalue weighted by Gasteiger charge is -2.50. The van der Waals surface area contributed by atoms with E-state index >= 15 is 0 Å². The molecule has 8 rings (SSSR count). The molecule has 280 valence electrons. The van der Waals surface area contributed by atoms with Gasteiger partial charge in [0, 0.05) is 42.2 Å². The van der Waals surface area contributed by atoms with Gasteiger partial charge in [0.15, 0.2) is 18.5 Å². The first kappa shape index (κ1) is 35.6. The maximum atomic E-state index is 14.8. The van der Waals surface area contributed by atoms with Gasteiger partial charge in [-0.3, -0.25) is 9.80 Å². The third kappa shape index (κ3) is 6.91. The third-order valence-corrected chi connectivity index (χ3v) is 16.5. The fraction of sp³-hybridized carbons (Fsp3) is 1.00.